The van der Waals surface area contributed by atoms with E-state index in [1.807, 2.05) is 11.8 Å². The molecule has 2 rings (SSSR count). The van der Waals surface area contributed by atoms with Gasteiger partial charge in [0.25, 0.3) is 0 Å². The van der Waals surface area contributed by atoms with E-state index in [9.17, 15) is 9.59 Å². The Morgan fingerprint density at radius 3 is 2.35 bits per heavy atom. The molecule has 0 bridgehead atoms. The molecule has 0 atom stereocenters. The van der Waals surface area contributed by atoms with Crippen molar-refractivity contribution in [1.82, 2.24) is 10.4 Å². The number of piperidine rings is 1. The summed E-state index contributed by atoms with van der Waals surface area (Å²) in [6.07, 6.45) is 3.59. The van der Waals surface area contributed by atoms with Crippen LogP contribution in [-0.4, -0.2) is 36.4 Å². The summed E-state index contributed by atoms with van der Waals surface area (Å²) >= 11 is 0. The first-order valence-electron chi connectivity index (χ1n) is 6.42. The van der Waals surface area contributed by atoms with Gasteiger partial charge in [-0.2, -0.15) is 0 Å². The SMILES string of the molecule is CCONC(=O)C1CCN(C(=O)C2CC2)CC1. The van der Waals surface area contributed by atoms with Crippen molar-refractivity contribution in [3.05, 3.63) is 0 Å². The molecule has 1 N–H and O–H groups in total. The first-order chi connectivity index (χ1) is 8.22. The Kier molecular flexibility index (Phi) is 3.99. The molecule has 0 spiro atoms. The van der Waals surface area contributed by atoms with E-state index in [1.165, 1.54) is 0 Å². The first-order valence-corrected chi connectivity index (χ1v) is 6.42. The molecular weight excluding hydrogens is 220 g/mol. The molecule has 1 aliphatic heterocycles. The highest BCUT2D eigenvalue weighted by atomic mass is 16.6. The van der Waals surface area contributed by atoms with Crippen LogP contribution in [0.25, 0.3) is 0 Å². The van der Waals surface area contributed by atoms with E-state index in [2.05, 4.69) is 5.48 Å². The van der Waals surface area contributed by atoms with Crippen molar-refractivity contribution in [2.75, 3.05) is 19.7 Å². The molecule has 1 heterocycles. The van der Waals surface area contributed by atoms with Crippen LogP contribution >= 0.6 is 0 Å². The van der Waals surface area contributed by atoms with Gasteiger partial charge < -0.3 is 4.90 Å². The van der Waals surface area contributed by atoms with Gasteiger partial charge in [-0.25, -0.2) is 5.48 Å². The largest absolute Gasteiger partial charge is 0.342 e. The number of carbonyl (C=O) groups is 2. The molecule has 1 aliphatic carbocycles. The summed E-state index contributed by atoms with van der Waals surface area (Å²) in [6, 6.07) is 0. The van der Waals surface area contributed by atoms with Crippen molar-refractivity contribution in [2.45, 2.75) is 32.6 Å². The molecule has 0 aromatic rings. The van der Waals surface area contributed by atoms with Crippen LogP contribution in [-0.2, 0) is 14.4 Å². The van der Waals surface area contributed by atoms with Crippen molar-refractivity contribution >= 4 is 11.8 Å². The summed E-state index contributed by atoms with van der Waals surface area (Å²) in [5.41, 5.74) is 2.44. The fraction of sp³-hybridized carbons (Fsp3) is 0.833. The minimum Gasteiger partial charge on any atom is -0.342 e. The molecule has 0 aromatic heterocycles. The fourth-order valence-electron chi connectivity index (χ4n) is 2.18. The van der Waals surface area contributed by atoms with Gasteiger partial charge in [-0.3, -0.25) is 14.4 Å². The van der Waals surface area contributed by atoms with E-state index < -0.39 is 0 Å². The Morgan fingerprint density at radius 1 is 1.18 bits per heavy atom. The Morgan fingerprint density at radius 2 is 1.82 bits per heavy atom. The number of likely N-dealkylation sites (tertiary alicyclic amines) is 1. The van der Waals surface area contributed by atoms with Crippen LogP contribution in [0, 0.1) is 11.8 Å². The number of nitrogens with one attached hydrogen (secondary N) is 1. The number of hydroxylamine groups is 1. The molecule has 1 saturated heterocycles. The van der Waals surface area contributed by atoms with Gasteiger partial charge in [-0.1, -0.05) is 0 Å². The second kappa shape index (κ2) is 5.49. The Balaban J connectivity index is 1.73. The van der Waals surface area contributed by atoms with E-state index in [4.69, 9.17) is 4.84 Å². The molecule has 0 radical (unpaired) electrons. The lowest BCUT2D eigenvalue weighted by Gasteiger charge is -2.31. The molecule has 17 heavy (non-hydrogen) atoms. The number of carbonyl (C=O) groups excluding carboxylic acids is 2. The molecule has 1 saturated carbocycles. The van der Waals surface area contributed by atoms with Crippen LogP contribution in [0.4, 0.5) is 0 Å². The van der Waals surface area contributed by atoms with E-state index in [1.54, 1.807) is 0 Å². The third kappa shape index (κ3) is 3.19. The average Bonchev–Trinajstić information content (AvgIpc) is 3.19. The van der Waals surface area contributed by atoms with Gasteiger partial charge in [0.05, 0.1) is 6.61 Å². The third-order valence-corrected chi connectivity index (χ3v) is 3.42. The molecule has 5 heteroatoms. The lowest BCUT2D eigenvalue weighted by molar-refractivity contribution is -0.142. The second-order valence-electron chi connectivity index (χ2n) is 4.77. The Hall–Kier alpha value is -1.10. The van der Waals surface area contributed by atoms with Gasteiger partial charge in [-0.05, 0) is 32.6 Å². The van der Waals surface area contributed by atoms with Crippen LogP contribution in [0.1, 0.15) is 32.6 Å². The molecule has 0 aromatic carbocycles. The maximum atomic E-state index is 11.8. The molecule has 0 unspecified atom stereocenters. The lowest BCUT2D eigenvalue weighted by atomic mass is 9.96. The van der Waals surface area contributed by atoms with Gasteiger partial charge in [0.15, 0.2) is 0 Å². The minimum absolute atomic E-state index is 0.00944. The number of hydrogen-bond acceptors (Lipinski definition) is 3. The van der Waals surface area contributed by atoms with Crippen molar-refractivity contribution in [2.24, 2.45) is 11.8 Å². The summed E-state index contributed by atoms with van der Waals surface area (Å²) < 4.78 is 0. The monoisotopic (exact) mass is 240 g/mol. The highest BCUT2D eigenvalue weighted by Crippen LogP contribution is 2.32. The van der Waals surface area contributed by atoms with Crippen LogP contribution in [0.5, 0.6) is 0 Å². The van der Waals surface area contributed by atoms with Gasteiger partial charge in [-0.15, -0.1) is 0 Å². The summed E-state index contributed by atoms with van der Waals surface area (Å²) in [6.45, 7) is 3.72. The number of hydrogen-bond donors (Lipinski definition) is 1. The van der Waals surface area contributed by atoms with Crippen LogP contribution < -0.4 is 5.48 Å². The van der Waals surface area contributed by atoms with Gasteiger partial charge in [0.2, 0.25) is 11.8 Å². The molecule has 2 fully saturated rings. The smallest absolute Gasteiger partial charge is 0.246 e. The molecule has 2 amide bonds. The van der Waals surface area contributed by atoms with Gasteiger partial charge in [0, 0.05) is 24.9 Å². The minimum atomic E-state index is -0.0506. The lowest BCUT2D eigenvalue weighted by Crippen LogP contribution is -2.43. The molecule has 2 aliphatic rings. The normalized spacial score (nSPS) is 21.4. The zero-order valence-electron chi connectivity index (χ0n) is 10.3. The van der Waals surface area contributed by atoms with Crippen LogP contribution in [0.2, 0.25) is 0 Å². The summed E-state index contributed by atoms with van der Waals surface area (Å²) in [5.74, 6) is 0.507. The molecule has 5 nitrogen and oxygen atoms in total. The third-order valence-electron chi connectivity index (χ3n) is 3.42. The van der Waals surface area contributed by atoms with Crippen LogP contribution in [0.15, 0.2) is 0 Å². The fourth-order valence-corrected chi connectivity index (χ4v) is 2.18. The molecule has 96 valence electrons. The van der Waals surface area contributed by atoms with E-state index in [0.29, 0.717) is 19.7 Å². The number of rotatable bonds is 4. The highest BCUT2D eigenvalue weighted by molar-refractivity contribution is 5.82. The van der Waals surface area contributed by atoms with E-state index >= 15 is 0 Å². The average molecular weight is 240 g/mol. The van der Waals surface area contributed by atoms with Crippen molar-refractivity contribution in [3.8, 4) is 0 Å². The quantitative estimate of drug-likeness (QED) is 0.736. The summed E-state index contributed by atoms with van der Waals surface area (Å²) in [7, 11) is 0. The predicted octanol–water partition coefficient (Wildman–Crippen LogP) is 0.703. The maximum Gasteiger partial charge on any atom is 0.246 e. The summed E-state index contributed by atoms with van der Waals surface area (Å²) in [5, 5.41) is 0. The highest BCUT2D eigenvalue weighted by Gasteiger charge is 2.35. The Labute approximate surface area is 101 Å². The second-order valence-corrected chi connectivity index (χ2v) is 4.77. The number of nitrogens with zero attached hydrogens (tertiary/aromatic N) is 1. The number of amides is 2. The Bertz CT molecular complexity index is 294. The van der Waals surface area contributed by atoms with Crippen molar-refractivity contribution in [1.29, 1.82) is 0 Å². The maximum absolute atomic E-state index is 11.8. The van der Waals surface area contributed by atoms with Gasteiger partial charge in [0.1, 0.15) is 0 Å². The predicted molar refractivity (Wildman–Crippen MR) is 61.8 cm³/mol. The zero-order chi connectivity index (χ0) is 12.3. The van der Waals surface area contributed by atoms with E-state index in [-0.39, 0.29) is 23.7 Å². The zero-order valence-corrected chi connectivity index (χ0v) is 10.3. The first kappa shape index (κ1) is 12.4. The van der Waals surface area contributed by atoms with Crippen LogP contribution in [0.3, 0.4) is 0 Å². The standard InChI is InChI=1S/C12H20N2O3/c1-2-17-13-11(15)9-5-7-14(8-6-9)12(16)10-3-4-10/h9-10H,2-8H2,1H3,(H,13,15). The van der Waals surface area contributed by atoms with Gasteiger partial charge >= 0.3 is 0 Å². The summed E-state index contributed by atoms with van der Waals surface area (Å²) in [4.78, 5) is 30.2. The van der Waals surface area contributed by atoms with E-state index in [0.717, 1.165) is 25.7 Å². The van der Waals surface area contributed by atoms with Crippen molar-refractivity contribution in [3.63, 3.8) is 0 Å². The van der Waals surface area contributed by atoms with Crippen molar-refractivity contribution < 1.29 is 14.4 Å². The molecular formula is C12H20N2O3. The topological polar surface area (TPSA) is 58.6 Å².